The van der Waals surface area contributed by atoms with Crippen molar-refractivity contribution in [2.75, 3.05) is 32.8 Å². The molecular weight excluding hydrogens is 188 g/mol. The summed E-state index contributed by atoms with van der Waals surface area (Å²) in [6, 6.07) is 0. The first-order valence-corrected chi connectivity index (χ1v) is 5.33. The SMILES string of the molecule is C#C/C=C1/CN(CCO)CC/C1=N/CC. The van der Waals surface area contributed by atoms with Crippen molar-refractivity contribution < 1.29 is 5.11 Å². The monoisotopic (exact) mass is 206 g/mol. The molecule has 0 aromatic rings. The molecule has 0 amide bonds. The first-order chi connectivity index (χ1) is 7.31. The van der Waals surface area contributed by atoms with Crippen molar-refractivity contribution in [1.29, 1.82) is 0 Å². The molecule has 1 fully saturated rings. The van der Waals surface area contributed by atoms with Gasteiger partial charge in [0.1, 0.15) is 0 Å². The minimum atomic E-state index is 0.198. The van der Waals surface area contributed by atoms with Crippen molar-refractivity contribution in [3.05, 3.63) is 11.6 Å². The number of hydrogen-bond donors (Lipinski definition) is 1. The minimum Gasteiger partial charge on any atom is -0.395 e. The van der Waals surface area contributed by atoms with E-state index in [9.17, 15) is 0 Å². The molecule has 0 unspecified atom stereocenters. The highest BCUT2D eigenvalue weighted by Crippen LogP contribution is 2.13. The highest BCUT2D eigenvalue weighted by Gasteiger charge is 2.18. The minimum absolute atomic E-state index is 0.198. The van der Waals surface area contributed by atoms with E-state index in [1.54, 1.807) is 6.08 Å². The lowest BCUT2D eigenvalue weighted by molar-refractivity contribution is 0.206. The third kappa shape index (κ3) is 3.50. The Morgan fingerprint density at radius 3 is 3.07 bits per heavy atom. The van der Waals surface area contributed by atoms with Gasteiger partial charge in [0.25, 0.3) is 0 Å². The fourth-order valence-corrected chi connectivity index (χ4v) is 1.77. The molecule has 0 aliphatic carbocycles. The van der Waals surface area contributed by atoms with Gasteiger partial charge in [-0.05, 0) is 18.6 Å². The zero-order chi connectivity index (χ0) is 11.1. The Morgan fingerprint density at radius 1 is 1.67 bits per heavy atom. The zero-order valence-corrected chi connectivity index (χ0v) is 9.24. The Labute approximate surface area is 91.5 Å². The van der Waals surface area contributed by atoms with Crippen molar-refractivity contribution in [2.45, 2.75) is 13.3 Å². The first kappa shape index (κ1) is 12.0. The number of aliphatic imine (C=N–C) groups is 1. The summed E-state index contributed by atoms with van der Waals surface area (Å²) in [7, 11) is 0. The molecule has 1 aliphatic rings. The predicted molar refractivity (Wildman–Crippen MR) is 63.0 cm³/mol. The van der Waals surface area contributed by atoms with Crippen LogP contribution in [0.1, 0.15) is 13.3 Å². The second kappa shape index (κ2) is 6.39. The van der Waals surface area contributed by atoms with Gasteiger partial charge in [-0.3, -0.25) is 9.89 Å². The molecule has 1 N–H and O–H groups in total. The molecule has 0 aromatic carbocycles. The van der Waals surface area contributed by atoms with Crippen LogP contribution in [0, 0.1) is 12.3 Å². The average molecular weight is 206 g/mol. The number of aliphatic hydroxyl groups is 1. The molecule has 0 bridgehead atoms. The Bertz CT molecular complexity index is 299. The van der Waals surface area contributed by atoms with Gasteiger partial charge >= 0.3 is 0 Å². The predicted octanol–water partition coefficient (Wildman–Crippen LogP) is 0.705. The van der Waals surface area contributed by atoms with Crippen LogP contribution in [0.2, 0.25) is 0 Å². The fourth-order valence-electron chi connectivity index (χ4n) is 1.77. The molecule has 0 atom stereocenters. The molecule has 3 heteroatoms. The Balaban J connectivity index is 2.71. The van der Waals surface area contributed by atoms with Gasteiger partial charge in [0.2, 0.25) is 0 Å². The van der Waals surface area contributed by atoms with Crippen LogP contribution < -0.4 is 0 Å². The van der Waals surface area contributed by atoms with E-state index in [-0.39, 0.29) is 6.61 Å². The Morgan fingerprint density at radius 2 is 2.47 bits per heavy atom. The van der Waals surface area contributed by atoms with Crippen LogP contribution >= 0.6 is 0 Å². The Kier molecular flexibility index (Phi) is 5.09. The second-order valence-electron chi connectivity index (χ2n) is 3.51. The molecule has 1 aliphatic heterocycles. The van der Waals surface area contributed by atoms with E-state index < -0.39 is 0 Å². The van der Waals surface area contributed by atoms with E-state index in [0.717, 1.165) is 37.3 Å². The zero-order valence-electron chi connectivity index (χ0n) is 9.24. The molecule has 1 saturated heterocycles. The van der Waals surface area contributed by atoms with Crippen LogP contribution in [0.3, 0.4) is 0 Å². The van der Waals surface area contributed by atoms with Crippen LogP contribution in [0.5, 0.6) is 0 Å². The standard InChI is InChI=1S/C12H18N2O/c1-3-5-11-10-14(8-9-15)7-6-12(11)13-4-2/h1,5,15H,4,6-10H2,2H3/b11-5-,13-12-. The van der Waals surface area contributed by atoms with E-state index in [2.05, 4.69) is 15.8 Å². The topological polar surface area (TPSA) is 35.8 Å². The molecular formula is C12H18N2O. The number of terminal acetylenes is 1. The van der Waals surface area contributed by atoms with Crippen molar-refractivity contribution in [3.63, 3.8) is 0 Å². The normalized spacial score (nSPS) is 23.3. The van der Waals surface area contributed by atoms with E-state index in [0.29, 0.717) is 6.54 Å². The van der Waals surface area contributed by atoms with Crippen LogP contribution in [0.15, 0.2) is 16.6 Å². The van der Waals surface area contributed by atoms with E-state index >= 15 is 0 Å². The summed E-state index contributed by atoms with van der Waals surface area (Å²) in [5.41, 5.74) is 2.25. The third-order valence-corrected chi connectivity index (χ3v) is 2.45. The highest BCUT2D eigenvalue weighted by atomic mass is 16.3. The van der Waals surface area contributed by atoms with Gasteiger partial charge in [-0.25, -0.2) is 0 Å². The number of piperidine rings is 1. The smallest absolute Gasteiger partial charge is 0.0558 e. The van der Waals surface area contributed by atoms with Crippen LogP contribution in [-0.4, -0.2) is 48.5 Å². The molecule has 0 spiro atoms. The van der Waals surface area contributed by atoms with Gasteiger partial charge in [-0.1, -0.05) is 5.92 Å². The van der Waals surface area contributed by atoms with E-state index in [4.69, 9.17) is 11.5 Å². The maximum atomic E-state index is 8.87. The summed E-state index contributed by atoms with van der Waals surface area (Å²) in [5, 5.41) is 8.87. The summed E-state index contributed by atoms with van der Waals surface area (Å²) in [6.45, 7) is 5.51. The summed E-state index contributed by atoms with van der Waals surface area (Å²) in [4.78, 5) is 6.63. The number of aliphatic hydroxyl groups excluding tert-OH is 1. The molecule has 0 radical (unpaired) electrons. The molecule has 1 heterocycles. The number of allylic oxidation sites excluding steroid dienone is 1. The molecule has 1 rings (SSSR count). The van der Waals surface area contributed by atoms with E-state index in [1.165, 1.54) is 0 Å². The number of β-amino-alcohol motifs (C(OH)–C–C–N with tert-alkyl or cyclic N) is 1. The van der Waals surface area contributed by atoms with Crippen LogP contribution in [0.4, 0.5) is 0 Å². The molecule has 82 valence electrons. The van der Waals surface area contributed by atoms with Crippen molar-refractivity contribution in [1.82, 2.24) is 4.90 Å². The summed E-state index contributed by atoms with van der Waals surface area (Å²) in [5.74, 6) is 2.56. The second-order valence-corrected chi connectivity index (χ2v) is 3.51. The highest BCUT2D eigenvalue weighted by molar-refractivity contribution is 6.01. The van der Waals surface area contributed by atoms with Gasteiger partial charge < -0.3 is 5.11 Å². The number of rotatable bonds is 3. The lowest BCUT2D eigenvalue weighted by atomic mass is 10.0. The van der Waals surface area contributed by atoms with Gasteiger partial charge in [0, 0.05) is 38.3 Å². The fraction of sp³-hybridized carbons (Fsp3) is 0.583. The number of hydrogen-bond acceptors (Lipinski definition) is 3. The van der Waals surface area contributed by atoms with Crippen LogP contribution in [-0.2, 0) is 0 Å². The lowest BCUT2D eigenvalue weighted by Crippen LogP contribution is -2.37. The molecule has 0 aromatic heterocycles. The largest absolute Gasteiger partial charge is 0.395 e. The van der Waals surface area contributed by atoms with Gasteiger partial charge in [-0.15, -0.1) is 6.42 Å². The maximum absolute atomic E-state index is 8.87. The van der Waals surface area contributed by atoms with Gasteiger partial charge in [0.05, 0.1) is 6.61 Å². The number of likely N-dealkylation sites (tertiary alicyclic amines) is 1. The summed E-state index contributed by atoms with van der Waals surface area (Å²) in [6.07, 6.45) is 8.01. The summed E-state index contributed by atoms with van der Waals surface area (Å²) >= 11 is 0. The lowest BCUT2D eigenvalue weighted by Gasteiger charge is -2.28. The number of nitrogens with zero attached hydrogens (tertiary/aromatic N) is 2. The van der Waals surface area contributed by atoms with Gasteiger partial charge in [0.15, 0.2) is 0 Å². The van der Waals surface area contributed by atoms with Crippen molar-refractivity contribution in [3.8, 4) is 12.3 Å². The third-order valence-electron chi connectivity index (χ3n) is 2.45. The average Bonchev–Trinajstić information content (AvgIpc) is 2.23. The summed E-state index contributed by atoms with van der Waals surface area (Å²) < 4.78 is 0. The van der Waals surface area contributed by atoms with E-state index in [1.807, 2.05) is 6.92 Å². The Hall–Kier alpha value is -1.11. The van der Waals surface area contributed by atoms with Crippen molar-refractivity contribution in [2.24, 2.45) is 4.99 Å². The molecule has 3 nitrogen and oxygen atoms in total. The first-order valence-electron chi connectivity index (χ1n) is 5.33. The quantitative estimate of drug-likeness (QED) is 0.690. The van der Waals surface area contributed by atoms with Gasteiger partial charge in [-0.2, -0.15) is 0 Å². The molecule has 0 saturated carbocycles. The maximum Gasteiger partial charge on any atom is 0.0558 e. The van der Waals surface area contributed by atoms with Crippen LogP contribution in [0.25, 0.3) is 0 Å². The van der Waals surface area contributed by atoms with Crippen molar-refractivity contribution >= 4 is 5.71 Å². The molecule has 15 heavy (non-hydrogen) atoms.